The second-order valence-electron chi connectivity index (χ2n) is 4.92. The summed E-state index contributed by atoms with van der Waals surface area (Å²) in [5.41, 5.74) is 0. The molecule has 1 aromatic rings. The van der Waals surface area contributed by atoms with Crippen molar-refractivity contribution < 1.29 is 19.4 Å². The highest BCUT2D eigenvalue weighted by Crippen LogP contribution is 2.16. The number of hydrogen-bond acceptors (Lipinski definition) is 3. The maximum Gasteiger partial charge on any atom is 0.303 e. The van der Waals surface area contributed by atoms with E-state index in [9.17, 15) is 9.59 Å². The SMILES string of the molecule is CC(CCNC(=O)COc1cccc(Cl)c1)CCC(=O)O. The van der Waals surface area contributed by atoms with Crippen molar-refractivity contribution in [1.29, 1.82) is 0 Å². The summed E-state index contributed by atoms with van der Waals surface area (Å²) in [5.74, 6) is -0.191. The molecular formula is C15H20ClNO4. The molecule has 0 saturated heterocycles. The molecule has 1 rings (SSSR count). The second-order valence-corrected chi connectivity index (χ2v) is 5.36. The van der Waals surface area contributed by atoms with E-state index in [0.29, 0.717) is 23.7 Å². The van der Waals surface area contributed by atoms with E-state index < -0.39 is 5.97 Å². The molecule has 5 nitrogen and oxygen atoms in total. The number of nitrogens with one attached hydrogen (secondary N) is 1. The van der Waals surface area contributed by atoms with Crippen LogP contribution in [0.2, 0.25) is 5.02 Å². The first-order valence-corrected chi connectivity index (χ1v) is 7.22. The molecule has 0 heterocycles. The molecule has 0 aliphatic rings. The number of carbonyl (C=O) groups excluding carboxylic acids is 1. The van der Waals surface area contributed by atoms with Crippen molar-refractivity contribution in [2.75, 3.05) is 13.2 Å². The maximum atomic E-state index is 11.6. The fourth-order valence-corrected chi connectivity index (χ4v) is 1.91. The lowest BCUT2D eigenvalue weighted by Crippen LogP contribution is -2.30. The number of ether oxygens (including phenoxy) is 1. The van der Waals surface area contributed by atoms with E-state index >= 15 is 0 Å². The highest BCUT2D eigenvalue weighted by Gasteiger charge is 2.07. The Morgan fingerprint density at radius 1 is 1.38 bits per heavy atom. The third-order valence-corrected chi connectivity index (χ3v) is 3.21. The molecule has 0 saturated carbocycles. The maximum absolute atomic E-state index is 11.6. The van der Waals surface area contributed by atoms with Crippen LogP contribution in [0.25, 0.3) is 0 Å². The van der Waals surface area contributed by atoms with E-state index in [-0.39, 0.29) is 24.9 Å². The minimum Gasteiger partial charge on any atom is -0.484 e. The highest BCUT2D eigenvalue weighted by atomic mass is 35.5. The Bertz CT molecular complexity index is 478. The van der Waals surface area contributed by atoms with Crippen LogP contribution in [0.3, 0.4) is 0 Å². The van der Waals surface area contributed by atoms with E-state index in [1.165, 1.54) is 0 Å². The third-order valence-electron chi connectivity index (χ3n) is 2.98. The lowest BCUT2D eigenvalue weighted by atomic mass is 10.0. The Balaban J connectivity index is 2.15. The van der Waals surface area contributed by atoms with E-state index in [1.807, 2.05) is 6.92 Å². The summed E-state index contributed by atoms with van der Waals surface area (Å²) in [6.07, 6.45) is 1.52. The molecule has 1 aromatic carbocycles. The number of amides is 1. The zero-order valence-corrected chi connectivity index (χ0v) is 12.7. The van der Waals surface area contributed by atoms with Crippen LogP contribution < -0.4 is 10.1 Å². The van der Waals surface area contributed by atoms with Gasteiger partial charge in [0.2, 0.25) is 0 Å². The summed E-state index contributed by atoms with van der Waals surface area (Å²) < 4.78 is 5.31. The zero-order valence-electron chi connectivity index (χ0n) is 12.0. The number of hydrogen-bond donors (Lipinski definition) is 2. The van der Waals surface area contributed by atoms with Crippen molar-refractivity contribution in [1.82, 2.24) is 5.32 Å². The van der Waals surface area contributed by atoms with Crippen LogP contribution in [0.5, 0.6) is 5.75 Å². The Kier molecular flexibility index (Phi) is 7.61. The topological polar surface area (TPSA) is 75.6 Å². The summed E-state index contributed by atoms with van der Waals surface area (Å²) >= 11 is 5.81. The van der Waals surface area contributed by atoms with Gasteiger partial charge in [0, 0.05) is 18.0 Å². The minimum atomic E-state index is -0.791. The molecule has 21 heavy (non-hydrogen) atoms. The van der Waals surface area contributed by atoms with Crippen molar-refractivity contribution in [3.8, 4) is 5.75 Å². The van der Waals surface area contributed by atoms with E-state index in [1.54, 1.807) is 24.3 Å². The van der Waals surface area contributed by atoms with Crippen molar-refractivity contribution in [2.24, 2.45) is 5.92 Å². The molecule has 116 valence electrons. The van der Waals surface area contributed by atoms with Crippen molar-refractivity contribution in [2.45, 2.75) is 26.2 Å². The van der Waals surface area contributed by atoms with Gasteiger partial charge in [0.1, 0.15) is 5.75 Å². The van der Waals surface area contributed by atoms with Crippen LogP contribution in [0.4, 0.5) is 0 Å². The number of aliphatic carboxylic acids is 1. The molecule has 0 bridgehead atoms. The van der Waals surface area contributed by atoms with Crippen LogP contribution >= 0.6 is 11.6 Å². The summed E-state index contributed by atoms with van der Waals surface area (Å²) in [6, 6.07) is 6.85. The van der Waals surface area contributed by atoms with E-state index in [4.69, 9.17) is 21.4 Å². The standard InChI is InChI=1S/C15H20ClNO4/c1-11(5-6-15(19)20)7-8-17-14(18)10-21-13-4-2-3-12(16)9-13/h2-4,9,11H,5-8,10H2,1H3,(H,17,18)(H,19,20). The van der Waals surface area contributed by atoms with E-state index in [0.717, 1.165) is 6.42 Å². The first-order valence-electron chi connectivity index (χ1n) is 6.84. The van der Waals surface area contributed by atoms with Gasteiger partial charge in [0.25, 0.3) is 5.91 Å². The molecule has 1 amide bonds. The average molecular weight is 314 g/mol. The molecule has 1 atom stereocenters. The zero-order chi connectivity index (χ0) is 15.7. The molecule has 2 N–H and O–H groups in total. The lowest BCUT2D eigenvalue weighted by Gasteiger charge is -2.11. The van der Waals surface area contributed by atoms with Gasteiger partial charge in [-0.15, -0.1) is 0 Å². The van der Waals surface area contributed by atoms with Crippen LogP contribution in [-0.4, -0.2) is 30.1 Å². The van der Waals surface area contributed by atoms with Gasteiger partial charge in [0.05, 0.1) is 0 Å². The molecule has 0 radical (unpaired) electrons. The van der Waals surface area contributed by atoms with Crippen LogP contribution in [0.15, 0.2) is 24.3 Å². The van der Waals surface area contributed by atoms with Crippen molar-refractivity contribution >= 4 is 23.5 Å². The Morgan fingerprint density at radius 3 is 2.81 bits per heavy atom. The number of carboxylic acids is 1. The van der Waals surface area contributed by atoms with Crippen molar-refractivity contribution in [3.05, 3.63) is 29.3 Å². The predicted molar refractivity (Wildman–Crippen MR) is 80.6 cm³/mol. The van der Waals surface area contributed by atoms with Crippen molar-refractivity contribution in [3.63, 3.8) is 0 Å². The Morgan fingerprint density at radius 2 is 2.14 bits per heavy atom. The largest absolute Gasteiger partial charge is 0.484 e. The monoisotopic (exact) mass is 313 g/mol. The number of rotatable bonds is 9. The van der Waals surface area contributed by atoms with Gasteiger partial charge in [-0.1, -0.05) is 24.6 Å². The van der Waals surface area contributed by atoms with Crippen LogP contribution in [0, 0.1) is 5.92 Å². The quantitative estimate of drug-likeness (QED) is 0.735. The van der Waals surface area contributed by atoms with Gasteiger partial charge in [-0.25, -0.2) is 0 Å². The third kappa shape index (κ3) is 8.19. The van der Waals surface area contributed by atoms with Crippen LogP contribution in [0.1, 0.15) is 26.2 Å². The number of carboxylic acid groups (broad SMARTS) is 1. The van der Waals surface area contributed by atoms with Gasteiger partial charge in [0.15, 0.2) is 6.61 Å². The summed E-state index contributed by atoms with van der Waals surface area (Å²) in [4.78, 5) is 22.0. The number of halogens is 1. The minimum absolute atomic E-state index is 0.0656. The van der Waals surface area contributed by atoms with Gasteiger partial charge >= 0.3 is 5.97 Å². The molecule has 0 aliphatic carbocycles. The molecule has 0 aromatic heterocycles. The fraction of sp³-hybridized carbons (Fsp3) is 0.467. The lowest BCUT2D eigenvalue weighted by molar-refractivity contribution is -0.137. The predicted octanol–water partition coefficient (Wildman–Crippen LogP) is 2.73. The first kappa shape index (κ1) is 17.3. The first-order chi connectivity index (χ1) is 9.97. The molecular weight excluding hydrogens is 294 g/mol. The molecule has 1 unspecified atom stereocenters. The molecule has 0 fully saturated rings. The second kappa shape index (κ2) is 9.23. The Labute approximate surface area is 129 Å². The molecule has 6 heteroatoms. The number of benzene rings is 1. The fourth-order valence-electron chi connectivity index (χ4n) is 1.73. The average Bonchev–Trinajstić information content (AvgIpc) is 2.43. The number of carbonyl (C=O) groups is 2. The molecule has 0 spiro atoms. The highest BCUT2D eigenvalue weighted by molar-refractivity contribution is 6.30. The smallest absolute Gasteiger partial charge is 0.303 e. The summed E-state index contributed by atoms with van der Waals surface area (Å²) in [6.45, 7) is 2.42. The van der Waals surface area contributed by atoms with Gasteiger partial charge in [-0.05, 0) is 37.0 Å². The summed E-state index contributed by atoms with van der Waals surface area (Å²) in [7, 11) is 0. The van der Waals surface area contributed by atoms with E-state index in [2.05, 4.69) is 5.32 Å². The van der Waals surface area contributed by atoms with Gasteiger partial charge in [-0.3, -0.25) is 9.59 Å². The summed E-state index contributed by atoms with van der Waals surface area (Å²) in [5, 5.41) is 11.9. The van der Waals surface area contributed by atoms with Crippen LogP contribution in [-0.2, 0) is 9.59 Å². The van der Waals surface area contributed by atoms with Gasteiger partial charge < -0.3 is 15.2 Å². The van der Waals surface area contributed by atoms with Gasteiger partial charge in [-0.2, -0.15) is 0 Å². The Hall–Kier alpha value is -1.75. The molecule has 0 aliphatic heterocycles. The normalized spacial score (nSPS) is 11.7.